The van der Waals surface area contributed by atoms with Crippen molar-refractivity contribution in [2.75, 3.05) is 19.8 Å². The van der Waals surface area contributed by atoms with E-state index in [4.69, 9.17) is 24.4 Å². The van der Waals surface area contributed by atoms with E-state index in [-0.39, 0.29) is 0 Å². The third kappa shape index (κ3) is 3.23. The number of hydrogen-bond donors (Lipinski definition) is 8. The van der Waals surface area contributed by atoms with Gasteiger partial charge in [0.2, 0.25) is 5.79 Å². The molecule has 8 N–H and O–H groups in total. The molecule has 0 aromatic heterocycles. The summed E-state index contributed by atoms with van der Waals surface area (Å²) in [5, 5.41) is 76.7. The van der Waals surface area contributed by atoms with Gasteiger partial charge < -0.3 is 55.1 Å². The van der Waals surface area contributed by atoms with E-state index in [2.05, 4.69) is 0 Å². The Balaban J connectivity index is 2.18. The molecule has 2 aliphatic rings. The zero-order chi connectivity index (χ0) is 17.4. The Morgan fingerprint density at radius 2 is 1.39 bits per heavy atom. The summed E-state index contributed by atoms with van der Waals surface area (Å²) in [6.45, 7) is -2.32. The van der Waals surface area contributed by atoms with Crippen LogP contribution in [0.4, 0.5) is 0 Å². The molecule has 11 nitrogen and oxygen atoms in total. The van der Waals surface area contributed by atoms with E-state index in [1.807, 2.05) is 0 Å². The molecule has 0 aromatic carbocycles. The maximum Gasteiger partial charge on any atom is 0.224 e. The van der Waals surface area contributed by atoms with Crippen molar-refractivity contribution in [3.63, 3.8) is 0 Å². The van der Waals surface area contributed by atoms with Crippen molar-refractivity contribution >= 4 is 0 Å². The molecule has 136 valence electrons. The Hall–Kier alpha value is -0.440. The molecule has 23 heavy (non-hydrogen) atoms. The number of ether oxygens (including phenoxy) is 3. The largest absolute Gasteiger partial charge is 0.394 e. The van der Waals surface area contributed by atoms with Gasteiger partial charge in [-0.25, -0.2) is 0 Å². The van der Waals surface area contributed by atoms with Crippen LogP contribution < -0.4 is 0 Å². The van der Waals surface area contributed by atoms with Gasteiger partial charge in [-0.2, -0.15) is 0 Å². The van der Waals surface area contributed by atoms with Crippen molar-refractivity contribution in [2.24, 2.45) is 0 Å². The van der Waals surface area contributed by atoms with Crippen molar-refractivity contribution in [3.05, 3.63) is 0 Å². The second kappa shape index (κ2) is 7.21. The normalized spacial score (nSPS) is 51.1. The lowest BCUT2D eigenvalue weighted by molar-refractivity contribution is -0.383. The maximum atomic E-state index is 10.00. The first-order valence-corrected chi connectivity index (χ1v) is 7.05. The predicted octanol–water partition coefficient (Wildman–Crippen LogP) is -5.40. The van der Waals surface area contributed by atoms with Crippen molar-refractivity contribution in [1.82, 2.24) is 0 Å². The van der Waals surface area contributed by atoms with E-state index in [0.29, 0.717) is 0 Å². The summed E-state index contributed by atoms with van der Waals surface area (Å²) in [4.78, 5) is 0. The van der Waals surface area contributed by atoms with Crippen LogP contribution in [0.5, 0.6) is 0 Å². The zero-order valence-corrected chi connectivity index (χ0v) is 12.0. The molecule has 0 amide bonds. The molecule has 2 saturated heterocycles. The second-order valence-electron chi connectivity index (χ2n) is 5.56. The Labute approximate surface area is 130 Å². The van der Waals surface area contributed by atoms with Crippen molar-refractivity contribution in [2.45, 2.75) is 54.8 Å². The molecule has 2 heterocycles. The van der Waals surface area contributed by atoms with Crippen molar-refractivity contribution in [1.29, 1.82) is 0 Å². The molecule has 0 bridgehead atoms. The van der Waals surface area contributed by atoms with Gasteiger partial charge in [-0.15, -0.1) is 0 Å². The van der Waals surface area contributed by atoms with Crippen LogP contribution in [0.1, 0.15) is 0 Å². The van der Waals surface area contributed by atoms with Crippen LogP contribution in [0.3, 0.4) is 0 Å². The van der Waals surface area contributed by atoms with Crippen molar-refractivity contribution < 1.29 is 55.1 Å². The van der Waals surface area contributed by atoms with Crippen LogP contribution in [0.2, 0.25) is 0 Å². The van der Waals surface area contributed by atoms with Gasteiger partial charge >= 0.3 is 0 Å². The summed E-state index contributed by atoms with van der Waals surface area (Å²) >= 11 is 0. The van der Waals surface area contributed by atoms with E-state index in [9.17, 15) is 30.6 Å². The minimum Gasteiger partial charge on any atom is -0.394 e. The van der Waals surface area contributed by atoms with Gasteiger partial charge in [-0.05, 0) is 0 Å². The third-order valence-electron chi connectivity index (χ3n) is 4.07. The molecule has 9 atom stereocenters. The lowest BCUT2D eigenvalue weighted by Gasteiger charge is -2.43. The van der Waals surface area contributed by atoms with Gasteiger partial charge in [0.1, 0.15) is 49.3 Å². The highest BCUT2D eigenvalue weighted by molar-refractivity contribution is 4.98. The molecule has 0 unspecified atom stereocenters. The van der Waals surface area contributed by atoms with Gasteiger partial charge in [-0.1, -0.05) is 0 Å². The smallest absolute Gasteiger partial charge is 0.224 e. The zero-order valence-electron chi connectivity index (χ0n) is 12.0. The molecule has 2 fully saturated rings. The minimum absolute atomic E-state index is 0.669. The SMILES string of the molecule is OC[C@@H]1O[C@H](O[C@]2(CO)O[C@H](CO)[C@H](O)[C@H]2O)[C@@H](O)[C@H](O)[C@@H]1O. The second-order valence-corrected chi connectivity index (χ2v) is 5.56. The molecule has 0 saturated carbocycles. The van der Waals surface area contributed by atoms with Crippen LogP contribution in [0.15, 0.2) is 0 Å². The molecule has 0 radical (unpaired) electrons. The maximum absolute atomic E-state index is 10.00. The number of aliphatic hydroxyl groups excluding tert-OH is 8. The number of rotatable bonds is 5. The van der Waals surface area contributed by atoms with Gasteiger partial charge in [0.25, 0.3) is 0 Å². The lowest BCUT2D eigenvalue weighted by atomic mass is 9.99. The summed E-state index contributed by atoms with van der Waals surface area (Å²) in [5.74, 6) is -2.22. The fourth-order valence-electron chi connectivity index (χ4n) is 2.63. The Kier molecular flexibility index (Phi) is 5.92. The standard InChI is InChI=1S/C12H22O11/c13-1-4-6(16)8(18)9(19)11(21-4)23-12(3-15)10(20)7(17)5(2-14)22-12/h4-11,13-20H,1-3H2/t4-,5+,6+,7-,8+,9-,10+,11+,12-/m0/s1. The Bertz CT molecular complexity index is 393. The molecule has 2 rings (SSSR count). The quantitative estimate of drug-likeness (QED) is 0.238. The van der Waals surface area contributed by atoms with Crippen LogP contribution >= 0.6 is 0 Å². The average molecular weight is 342 g/mol. The monoisotopic (exact) mass is 342 g/mol. The molecule has 0 spiro atoms. The predicted molar refractivity (Wildman–Crippen MR) is 68.6 cm³/mol. The molecule has 11 heteroatoms. The molecule has 0 aromatic rings. The van der Waals surface area contributed by atoms with Crippen LogP contribution in [-0.2, 0) is 14.2 Å². The van der Waals surface area contributed by atoms with Gasteiger partial charge in [0.15, 0.2) is 6.29 Å². The van der Waals surface area contributed by atoms with E-state index < -0.39 is 74.6 Å². The summed E-state index contributed by atoms with van der Waals surface area (Å²) in [6.07, 6.45) is -12.7. The first kappa shape index (κ1) is 18.9. The Morgan fingerprint density at radius 1 is 0.783 bits per heavy atom. The van der Waals surface area contributed by atoms with E-state index in [1.165, 1.54) is 0 Å². The summed E-state index contributed by atoms with van der Waals surface area (Å²) in [7, 11) is 0. The first-order valence-electron chi connectivity index (χ1n) is 7.05. The summed E-state index contributed by atoms with van der Waals surface area (Å²) in [6, 6.07) is 0. The number of hydrogen-bond acceptors (Lipinski definition) is 11. The molecular formula is C12H22O11. The van der Waals surface area contributed by atoms with Gasteiger partial charge in [-0.3, -0.25) is 0 Å². The van der Waals surface area contributed by atoms with Crippen LogP contribution in [0, 0.1) is 0 Å². The van der Waals surface area contributed by atoms with Crippen molar-refractivity contribution in [3.8, 4) is 0 Å². The average Bonchev–Trinajstić information content (AvgIpc) is 2.80. The molecular weight excluding hydrogens is 320 g/mol. The fourth-order valence-corrected chi connectivity index (χ4v) is 2.63. The Morgan fingerprint density at radius 3 is 1.87 bits per heavy atom. The van der Waals surface area contributed by atoms with Gasteiger partial charge in [0.05, 0.1) is 13.2 Å². The topological polar surface area (TPSA) is 190 Å². The first-order chi connectivity index (χ1) is 10.8. The highest BCUT2D eigenvalue weighted by Gasteiger charge is 2.58. The van der Waals surface area contributed by atoms with E-state index >= 15 is 0 Å². The fraction of sp³-hybridized carbons (Fsp3) is 1.00. The lowest BCUT2D eigenvalue weighted by Crippen LogP contribution is -2.62. The highest BCUT2D eigenvalue weighted by atomic mass is 16.8. The molecule has 0 aliphatic carbocycles. The molecule has 2 aliphatic heterocycles. The van der Waals surface area contributed by atoms with Crippen LogP contribution in [-0.4, -0.2) is 115 Å². The highest BCUT2D eigenvalue weighted by Crippen LogP contribution is 2.35. The van der Waals surface area contributed by atoms with E-state index in [0.717, 1.165) is 0 Å². The number of aliphatic hydroxyl groups is 8. The van der Waals surface area contributed by atoms with E-state index in [1.54, 1.807) is 0 Å². The third-order valence-corrected chi connectivity index (χ3v) is 4.07. The van der Waals surface area contributed by atoms with Gasteiger partial charge in [0, 0.05) is 0 Å². The summed E-state index contributed by atoms with van der Waals surface area (Å²) in [5.41, 5.74) is 0. The summed E-state index contributed by atoms with van der Waals surface area (Å²) < 4.78 is 15.4. The van der Waals surface area contributed by atoms with Crippen LogP contribution in [0.25, 0.3) is 0 Å². The minimum atomic E-state index is -2.22.